The molecule has 3 heteroatoms. The van der Waals surface area contributed by atoms with Crippen LogP contribution in [0.4, 0.5) is 0 Å². The maximum absolute atomic E-state index is 5.66. The summed E-state index contributed by atoms with van der Waals surface area (Å²) in [7, 11) is 0. The maximum Gasteiger partial charge on any atom is 0.0180 e. The Morgan fingerprint density at radius 1 is 1.67 bits per heavy atom. The monoisotopic (exact) mass is 150 g/mol. The molecule has 0 radical (unpaired) electrons. The number of likely N-dealkylation sites (N-methyl/N-ethyl adjacent to an activating group) is 1. The molecule has 0 saturated carbocycles. The summed E-state index contributed by atoms with van der Waals surface area (Å²) in [6, 6.07) is 0.454. The van der Waals surface area contributed by atoms with Gasteiger partial charge in [-0.05, 0) is 19.5 Å². The molecule has 0 aromatic rings. The molecule has 0 aliphatic carbocycles. The fourth-order valence-corrected chi connectivity index (χ4v) is 1.15. The number of nitrogens with zero attached hydrogens (tertiary/aromatic N) is 1. The summed E-state index contributed by atoms with van der Waals surface area (Å²) in [4.78, 5) is 2.38. The fraction of sp³-hybridized carbons (Fsp3) is 1.00. The van der Waals surface area contributed by atoms with Crippen LogP contribution in [0.2, 0.25) is 0 Å². The van der Waals surface area contributed by atoms with Crippen LogP contribution in [0.1, 0.15) is 13.3 Å². The molecule has 1 rings (SSSR count). The maximum atomic E-state index is 5.66. The Bertz CT molecular complexity index is 77.5. The molecule has 2 nitrogen and oxygen atoms in total. The molecule has 0 spiro atoms. The molecule has 1 aliphatic heterocycles. The van der Waals surface area contributed by atoms with Gasteiger partial charge in [-0.3, -0.25) is 0 Å². The van der Waals surface area contributed by atoms with Crippen molar-refractivity contribution in [2.75, 3.05) is 19.6 Å². The van der Waals surface area contributed by atoms with Gasteiger partial charge in [0.05, 0.1) is 0 Å². The van der Waals surface area contributed by atoms with E-state index >= 15 is 0 Å². The molecular weight excluding hydrogens is 136 g/mol. The fourth-order valence-electron chi connectivity index (χ4n) is 1.15. The Labute approximate surface area is 62.8 Å². The minimum Gasteiger partial charge on any atom is -0.326 e. The first kappa shape index (κ1) is 9.21. The van der Waals surface area contributed by atoms with E-state index in [1.165, 1.54) is 13.0 Å². The number of hydrogen-bond donors (Lipinski definition) is 1. The smallest absolute Gasteiger partial charge is 0.0180 e. The van der Waals surface area contributed by atoms with Gasteiger partial charge in [0.25, 0.3) is 0 Å². The van der Waals surface area contributed by atoms with E-state index in [1.807, 2.05) is 0 Å². The Morgan fingerprint density at radius 3 is 2.56 bits per heavy atom. The summed E-state index contributed by atoms with van der Waals surface area (Å²) in [5.41, 5.74) is 5.66. The lowest BCUT2D eigenvalue weighted by Crippen LogP contribution is -2.26. The molecule has 2 N–H and O–H groups in total. The van der Waals surface area contributed by atoms with Crippen LogP contribution >= 0.6 is 12.4 Å². The van der Waals surface area contributed by atoms with Gasteiger partial charge in [-0.25, -0.2) is 0 Å². The number of likely N-dealkylation sites (tertiary alicyclic amines) is 1. The van der Waals surface area contributed by atoms with Crippen LogP contribution in [0.3, 0.4) is 0 Å². The molecule has 1 atom stereocenters. The lowest BCUT2D eigenvalue weighted by Gasteiger charge is -2.09. The summed E-state index contributed by atoms with van der Waals surface area (Å²) in [5.74, 6) is 0. The van der Waals surface area contributed by atoms with Crippen molar-refractivity contribution in [1.29, 1.82) is 0 Å². The summed E-state index contributed by atoms with van der Waals surface area (Å²) >= 11 is 0. The molecule has 0 aromatic carbocycles. The van der Waals surface area contributed by atoms with E-state index < -0.39 is 0 Å². The second-order valence-corrected chi connectivity index (χ2v) is 2.44. The molecule has 1 heterocycles. The van der Waals surface area contributed by atoms with Crippen LogP contribution in [0, 0.1) is 0 Å². The number of hydrogen-bond acceptors (Lipinski definition) is 2. The molecule has 1 fully saturated rings. The highest BCUT2D eigenvalue weighted by Gasteiger charge is 2.16. The summed E-state index contributed by atoms with van der Waals surface area (Å²) < 4.78 is 0. The van der Waals surface area contributed by atoms with E-state index in [2.05, 4.69) is 11.8 Å². The predicted molar refractivity (Wildman–Crippen MR) is 42.0 cm³/mol. The molecule has 9 heavy (non-hydrogen) atoms. The highest BCUT2D eigenvalue weighted by Crippen LogP contribution is 2.04. The van der Waals surface area contributed by atoms with Crippen molar-refractivity contribution in [3.63, 3.8) is 0 Å². The number of halogens is 1. The van der Waals surface area contributed by atoms with Crippen molar-refractivity contribution >= 4 is 12.4 Å². The van der Waals surface area contributed by atoms with E-state index in [0.29, 0.717) is 6.04 Å². The second kappa shape index (κ2) is 4.09. The van der Waals surface area contributed by atoms with Gasteiger partial charge < -0.3 is 10.6 Å². The molecule has 0 amide bonds. The molecular formula is C6H15ClN2. The van der Waals surface area contributed by atoms with Crippen LogP contribution in [0.25, 0.3) is 0 Å². The SMILES string of the molecule is CCN1CCC(N)C1.Cl. The highest BCUT2D eigenvalue weighted by atomic mass is 35.5. The molecule has 56 valence electrons. The Morgan fingerprint density at radius 2 is 2.33 bits per heavy atom. The van der Waals surface area contributed by atoms with Gasteiger partial charge in [-0.2, -0.15) is 0 Å². The average Bonchev–Trinajstić information content (AvgIpc) is 2.14. The summed E-state index contributed by atoms with van der Waals surface area (Å²) in [6.45, 7) is 5.65. The predicted octanol–water partition coefficient (Wildman–Crippen LogP) is 0.461. The quantitative estimate of drug-likeness (QED) is 0.589. The van der Waals surface area contributed by atoms with Crippen molar-refractivity contribution in [3.8, 4) is 0 Å². The molecule has 1 aliphatic rings. The normalized spacial score (nSPS) is 28.0. The van der Waals surface area contributed by atoms with E-state index in [9.17, 15) is 0 Å². The summed E-state index contributed by atoms with van der Waals surface area (Å²) in [5, 5.41) is 0. The highest BCUT2D eigenvalue weighted by molar-refractivity contribution is 5.85. The zero-order valence-corrected chi connectivity index (χ0v) is 6.66. The van der Waals surface area contributed by atoms with Gasteiger partial charge in [-0.1, -0.05) is 6.92 Å². The zero-order valence-electron chi connectivity index (χ0n) is 5.84. The van der Waals surface area contributed by atoms with E-state index in [0.717, 1.165) is 13.1 Å². The van der Waals surface area contributed by atoms with Crippen LogP contribution < -0.4 is 5.73 Å². The van der Waals surface area contributed by atoms with E-state index in [-0.39, 0.29) is 12.4 Å². The molecule has 0 aromatic heterocycles. The third-order valence-corrected chi connectivity index (χ3v) is 1.76. The lowest BCUT2D eigenvalue weighted by atomic mass is 10.3. The standard InChI is InChI=1S/C6H14N2.ClH/c1-2-8-4-3-6(7)5-8;/h6H,2-5,7H2,1H3;1H. The number of nitrogens with two attached hydrogens (primary N) is 1. The molecule has 0 bridgehead atoms. The van der Waals surface area contributed by atoms with Crippen molar-refractivity contribution in [3.05, 3.63) is 0 Å². The van der Waals surface area contributed by atoms with Crippen LogP contribution in [0.5, 0.6) is 0 Å². The minimum atomic E-state index is 0. The second-order valence-electron chi connectivity index (χ2n) is 2.44. The van der Waals surface area contributed by atoms with Gasteiger partial charge >= 0.3 is 0 Å². The number of rotatable bonds is 1. The molecule has 1 unspecified atom stereocenters. The first-order chi connectivity index (χ1) is 3.83. The van der Waals surface area contributed by atoms with Crippen LogP contribution in [-0.2, 0) is 0 Å². The Kier molecular flexibility index (Phi) is 4.19. The van der Waals surface area contributed by atoms with Gasteiger partial charge in [-0.15, -0.1) is 12.4 Å². The Balaban J connectivity index is 0.000000640. The van der Waals surface area contributed by atoms with Crippen molar-refractivity contribution in [2.45, 2.75) is 19.4 Å². The van der Waals surface area contributed by atoms with Crippen molar-refractivity contribution < 1.29 is 0 Å². The van der Waals surface area contributed by atoms with Gasteiger partial charge in [0, 0.05) is 12.6 Å². The summed E-state index contributed by atoms with van der Waals surface area (Å²) in [6.07, 6.45) is 1.19. The van der Waals surface area contributed by atoms with Crippen LogP contribution in [0.15, 0.2) is 0 Å². The van der Waals surface area contributed by atoms with Crippen LogP contribution in [-0.4, -0.2) is 30.6 Å². The molecule has 1 saturated heterocycles. The van der Waals surface area contributed by atoms with E-state index in [1.54, 1.807) is 0 Å². The minimum absolute atomic E-state index is 0. The average molecular weight is 151 g/mol. The van der Waals surface area contributed by atoms with Gasteiger partial charge in [0.2, 0.25) is 0 Å². The largest absolute Gasteiger partial charge is 0.326 e. The van der Waals surface area contributed by atoms with Gasteiger partial charge in [0.15, 0.2) is 0 Å². The third-order valence-electron chi connectivity index (χ3n) is 1.76. The first-order valence-electron chi connectivity index (χ1n) is 3.31. The Hall–Kier alpha value is 0.210. The topological polar surface area (TPSA) is 29.3 Å². The van der Waals surface area contributed by atoms with Gasteiger partial charge in [0.1, 0.15) is 0 Å². The van der Waals surface area contributed by atoms with E-state index in [4.69, 9.17) is 5.73 Å². The zero-order chi connectivity index (χ0) is 5.98. The van der Waals surface area contributed by atoms with Crippen molar-refractivity contribution in [1.82, 2.24) is 4.90 Å². The lowest BCUT2D eigenvalue weighted by molar-refractivity contribution is 0.354. The third kappa shape index (κ3) is 2.52. The van der Waals surface area contributed by atoms with Crippen molar-refractivity contribution in [2.24, 2.45) is 5.73 Å². The first-order valence-corrected chi connectivity index (χ1v) is 3.31.